The molecule has 0 unspecified atom stereocenters. The Morgan fingerprint density at radius 1 is 1.27 bits per heavy atom. The topological polar surface area (TPSA) is 74.7 Å². The smallest absolute Gasteiger partial charge is 0.318 e. The largest absolute Gasteiger partial charge is 0.480 e. The maximum absolute atomic E-state index is 11.8. The SMILES string of the molecule is CC(C)(C(=O)O)C(=O)N1CCS(=O)CC1. The number of hydrogen-bond acceptors (Lipinski definition) is 3. The lowest BCUT2D eigenvalue weighted by molar-refractivity contribution is -0.158. The molecule has 0 aromatic heterocycles. The van der Waals surface area contributed by atoms with Crippen LogP contribution in [0.15, 0.2) is 0 Å². The second kappa shape index (κ2) is 4.30. The zero-order valence-electron chi connectivity index (χ0n) is 8.86. The van der Waals surface area contributed by atoms with Crippen molar-refractivity contribution >= 4 is 22.7 Å². The van der Waals surface area contributed by atoms with Gasteiger partial charge in [0.25, 0.3) is 0 Å². The van der Waals surface area contributed by atoms with E-state index in [1.54, 1.807) is 0 Å². The number of carboxylic acid groups (broad SMARTS) is 1. The van der Waals surface area contributed by atoms with E-state index in [1.165, 1.54) is 18.7 Å². The third-order valence-electron chi connectivity index (χ3n) is 2.53. The van der Waals surface area contributed by atoms with Crippen LogP contribution in [0.3, 0.4) is 0 Å². The van der Waals surface area contributed by atoms with Crippen molar-refractivity contribution < 1.29 is 18.9 Å². The van der Waals surface area contributed by atoms with Crippen LogP contribution in [0.2, 0.25) is 0 Å². The first-order valence-electron chi connectivity index (χ1n) is 4.73. The second-order valence-corrected chi connectivity index (χ2v) is 5.77. The van der Waals surface area contributed by atoms with Crippen molar-refractivity contribution in [3.05, 3.63) is 0 Å². The molecular formula is C9H15NO4S. The van der Waals surface area contributed by atoms with Crippen LogP contribution < -0.4 is 0 Å². The van der Waals surface area contributed by atoms with Crippen molar-refractivity contribution in [3.8, 4) is 0 Å². The normalized spacial score (nSPS) is 18.9. The lowest BCUT2D eigenvalue weighted by Gasteiger charge is -2.31. The van der Waals surface area contributed by atoms with E-state index in [1.807, 2.05) is 0 Å². The molecule has 1 amide bonds. The molecule has 6 heteroatoms. The van der Waals surface area contributed by atoms with Gasteiger partial charge in [-0.3, -0.25) is 13.8 Å². The van der Waals surface area contributed by atoms with Crippen molar-refractivity contribution in [2.75, 3.05) is 24.6 Å². The first-order chi connectivity index (χ1) is 6.85. The van der Waals surface area contributed by atoms with Gasteiger partial charge in [-0.1, -0.05) is 0 Å². The Balaban J connectivity index is 2.69. The summed E-state index contributed by atoms with van der Waals surface area (Å²) in [5.41, 5.74) is -1.39. The van der Waals surface area contributed by atoms with Gasteiger partial charge in [0.15, 0.2) is 0 Å². The molecule has 0 aliphatic carbocycles. The zero-order valence-corrected chi connectivity index (χ0v) is 9.67. The van der Waals surface area contributed by atoms with Crippen LogP contribution in [0, 0.1) is 5.41 Å². The number of rotatable bonds is 2. The monoisotopic (exact) mass is 233 g/mol. The number of carbonyl (C=O) groups is 2. The molecule has 1 heterocycles. The van der Waals surface area contributed by atoms with Gasteiger partial charge in [0.1, 0.15) is 5.41 Å². The molecule has 0 atom stereocenters. The molecule has 5 nitrogen and oxygen atoms in total. The highest BCUT2D eigenvalue weighted by Gasteiger charge is 2.39. The molecule has 0 radical (unpaired) electrons. The molecule has 1 fully saturated rings. The standard InChI is InChI=1S/C9H15NO4S/c1-9(2,8(12)13)7(11)10-3-5-15(14)6-4-10/h3-6H2,1-2H3,(H,12,13). The van der Waals surface area contributed by atoms with Crippen molar-refractivity contribution in [3.63, 3.8) is 0 Å². The Morgan fingerprint density at radius 2 is 1.73 bits per heavy atom. The van der Waals surface area contributed by atoms with Gasteiger partial charge in [-0.25, -0.2) is 0 Å². The molecular weight excluding hydrogens is 218 g/mol. The summed E-state index contributed by atoms with van der Waals surface area (Å²) in [5.74, 6) is -0.631. The van der Waals surface area contributed by atoms with Gasteiger partial charge in [-0.15, -0.1) is 0 Å². The van der Waals surface area contributed by atoms with Gasteiger partial charge in [0, 0.05) is 35.4 Å². The lowest BCUT2D eigenvalue weighted by atomic mass is 9.92. The molecule has 0 saturated carbocycles. The minimum absolute atomic E-state index is 0.391. The van der Waals surface area contributed by atoms with Crippen LogP contribution in [-0.2, 0) is 20.4 Å². The Labute approximate surface area is 90.9 Å². The van der Waals surface area contributed by atoms with E-state index >= 15 is 0 Å². The quantitative estimate of drug-likeness (QED) is 0.664. The summed E-state index contributed by atoms with van der Waals surface area (Å²) in [4.78, 5) is 24.2. The second-order valence-electron chi connectivity index (χ2n) is 4.07. The molecule has 1 rings (SSSR count). The molecule has 86 valence electrons. The highest BCUT2D eigenvalue weighted by Crippen LogP contribution is 2.20. The van der Waals surface area contributed by atoms with Crippen molar-refractivity contribution in [2.45, 2.75) is 13.8 Å². The Bertz CT molecular complexity index is 303. The van der Waals surface area contributed by atoms with E-state index in [9.17, 15) is 13.8 Å². The van der Waals surface area contributed by atoms with Gasteiger partial charge in [-0.05, 0) is 13.8 Å². The Hall–Kier alpha value is -0.910. The fourth-order valence-corrected chi connectivity index (χ4v) is 2.38. The number of carboxylic acids is 1. The fraction of sp³-hybridized carbons (Fsp3) is 0.778. The summed E-state index contributed by atoms with van der Waals surface area (Å²) in [6, 6.07) is 0. The molecule has 1 aliphatic rings. The summed E-state index contributed by atoms with van der Waals surface area (Å²) in [7, 11) is -0.856. The molecule has 15 heavy (non-hydrogen) atoms. The summed E-state index contributed by atoms with van der Waals surface area (Å²) in [6.07, 6.45) is 0. The minimum atomic E-state index is -1.39. The average molecular weight is 233 g/mol. The van der Waals surface area contributed by atoms with Crippen LogP contribution in [0.25, 0.3) is 0 Å². The third kappa shape index (κ3) is 2.56. The van der Waals surface area contributed by atoms with Crippen LogP contribution in [0.5, 0.6) is 0 Å². The van der Waals surface area contributed by atoms with Gasteiger partial charge in [0.05, 0.1) is 0 Å². The van der Waals surface area contributed by atoms with Crippen molar-refractivity contribution in [1.29, 1.82) is 0 Å². The molecule has 0 bridgehead atoms. The van der Waals surface area contributed by atoms with Crippen molar-refractivity contribution in [2.24, 2.45) is 5.41 Å². The van der Waals surface area contributed by atoms with Crippen molar-refractivity contribution in [1.82, 2.24) is 4.90 Å². The predicted octanol–water partition coefficient (Wildman–Crippen LogP) is -0.312. The van der Waals surface area contributed by atoms with Gasteiger partial charge < -0.3 is 10.0 Å². The Morgan fingerprint density at radius 3 is 2.13 bits per heavy atom. The third-order valence-corrected chi connectivity index (χ3v) is 3.81. The van der Waals surface area contributed by atoms with Crippen LogP contribution >= 0.6 is 0 Å². The number of amides is 1. The van der Waals surface area contributed by atoms with Crippen LogP contribution in [0.4, 0.5) is 0 Å². The molecule has 1 N–H and O–H groups in total. The van der Waals surface area contributed by atoms with E-state index < -0.39 is 28.1 Å². The van der Waals surface area contributed by atoms with E-state index in [-0.39, 0.29) is 0 Å². The maximum Gasteiger partial charge on any atom is 0.318 e. The average Bonchev–Trinajstić information content (AvgIpc) is 2.17. The van der Waals surface area contributed by atoms with Gasteiger partial charge in [0.2, 0.25) is 5.91 Å². The fourth-order valence-electron chi connectivity index (χ4n) is 1.33. The first-order valence-corrected chi connectivity index (χ1v) is 6.22. The van der Waals surface area contributed by atoms with Crippen LogP contribution in [-0.4, -0.2) is 50.7 Å². The highest BCUT2D eigenvalue weighted by atomic mass is 32.2. The summed E-state index contributed by atoms with van der Waals surface area (Å²) in [6.45, 7) is 3.57. The number of aliphatic carboxylic acids is 1. The van der Waals surface area contributed by atoms with Gasteiger partial charge >= 0.3 is 5.97 Å². The molecule has 0 spiro atoms. The number of nitrogens with zero attached hydrogens (tertiary/aromatic N) is 1. The summed E-state index contributed by atoms with van der Waals surface area (Å²) < 4.78 is 11.1. The van der Waals surface area contributed by atoms with Crippen LogP contribution in [0.1, 0.15) is 13.8 Å². The summed E-state index contributed by atoms with van der Waals surface area (Å²) in [5, 5.41) is 8.89. The molecule has 1 saturated heterocycles. The molecule has 0 aromatic carbocycles. The maximum atomic E-state index is 11.8. The van der Waals surface area contributed by atoms with E-state index in [0.717, 1.165) is 0 Å². The van der Waals surface area contributed by atoms with E-state index in [2.05, 4.69) is 0 Å². The van der Waals surface area contributed by atoms with Gasteiger partial charge in [-0.2, -0.15) is 0 Å². The van der Waals surface area contributed by atoms with E-state index in [4.69, 9.17) is 5.11 Å². The highest BCUT2D eigenvalue weighted by molar-refractivity contribution is 7.85. The molecule has 0 aromatic rings. The Kier molecular flexibility index (Phi) is 3.49. The number of hydrogen-bond donors (Lipinski definition) is 1. The molecule has 1 aliphatic heterocycles. The zero-order chi connectivity index (χ0) is 11.6. The first kappa shape index (κ1) is 12.2. The lowest BCUT2D eigenvalue weighted by Crippen LogP contribution is -2.50. The predicted molar refractivity (Wildman–Crippen MR) is 55.9 cm³/mol. The minimum Gasteiger partial charge on any atom is -0.480 e. The summed E-state index contributed by atoms with van der Waals surface area (Å²) >= 11 is 0. The number of carbonyl (C=O) groups excluding carboxylic acids is 1. The van der Waals surface area contributed by atoms with E-state index in [0.29, 0.717) is 24.6 Å².